The van der Waals surface area contributed by atoms with E-state index >= 15 is 0 Å². The highest BCUT2D eigenvalue weighted by atomic mass is 32.1. The van der Waals surface area contributed by atoms with Crippen molar-refractivity contribution in [1.29, 1.82) is 0 Å². The van der Waals surface area contributed by atoms with E-state index < -0.39 is 5.97 Å². The summed E-state index contributed by atoms with van der Waals surface area (Å²) in [6.45, 7) is 7.52. The number of aromatic nitrogens is 2. The number of rotatable bonds is 4. The van der Waals surface area contributed by atoms with Crippen molar-refractivity contribution in [2.45, 2.75) is 46.6 Å². The number of carbonyl (C=O) groups is 2. The van der Waals surface area contributed by atoms with Crippen LogP contribution in [0, 0.1) is 13.8 Å². The molecule has 0 saturated carbocycles. The van der Waals surface area contributed by atoms with Crippen LogP contribution in [0.1, 0.15) is 46.2 Å². The third kappa shape index (κ3) is 3.40. The Bertz CT molecular complexity index is 1120. The zero-order valence-corrected chi connectivity index (χ0v) is 17.8. The van der Waals surface area contributed by atoms with Crippen LogP contribution in [-0.2, 0) is 22.4 Å². The fourth-order valence-electron chi connectivity index (χ4n) is 3.96. The Balaban J connectivity index is 1.52. The lowest BCUT2D eigenvalue weighted by Gasteiger charge is -2.22. The number of hydrogen-bond donors (Lipinski definition) is 0. The normalized spacial score (nSPS) is 15.6. The summed E-state index contributed by atoms with van der Waals surface area (Å²) in [5.41, 5.74) is 3.71. The molecule has 1 amide bonds. The molecule has 0 bridgehead atoms. The zero-order chi connectivity index (χ0) is 20.7. The molecule has 1 aliphatic heterocycles. The van der Waals surface area contributed by atoms with E-state index in [-0.39, 0.29) is 18.6 Å². The average Bonchev–Trinajstić information content (AvgIpc) is 3.22. The summed E-state index contributed by atoms with van der Waals surface area (Å²) in [7, 11) is 0. The van der Waals surface area contributed by atoms with Crippen molar-refractivity contribution in [2.24, 2.45) is 0 Å². The molecule has 3 heterocycles. The highest BCUT2D eigenvalue weighted by Gasteiger charge is 2.31. The summed E-state index contributed by atoms with van der Waals surface area (Å²) in [6, 6.07) is 7.90. The first-order valence-electron chi connectivity index (χ1n) is 9.74. The van der Waals surface area contributed by atoms with Gasteiger partial charge in [0, 0.05) is 29.2 Å². The Labute approximate surface area is 173 Å². The fraction of sp³-hybridized carbons (Fsp3) is 0.364. The molecular formula is C22H23N3O3S. The Hall–Kier alpha value is -2.80. The number of nitrogens with zero attached hydrogens (tertiary/aromatic N) is 3. The quantitative estimate of drug-likeness (QED) is 0.609. The Morgan fingerprint density at radius 2 is 2.00 bits per heavy atom. The van der Waals surface area contributed by atoms with Crippen molar-refractivity contribution in [2.75, 3.05) is 11.5 Å². The zero-order valence-electron chi connectivity index (χ0n) is 17.0. The van der Waals surface area contributed by atoms with Gasteiger partial charge in [-0.25, -0.2) is 14.8 Å². The van der Waals surface area contributed by atoms with E-state index in [0.717, 1.165) is 51.4 Å². The molecule has 150 valence electrons. The number of ether oxygens (including phenoxy) is 1. The van der Waals surface area contributed by atoms with Crippen molar-refractivity contribution < 1.29 is 14.3 Å². The topological polar surface area (TPSA) is 72.4 Å². The van der Waals surface area contributed by atoms with Crippen molar-refractivity contribution in [3.05, 3.63) is 51.8 Å². The predicted molar refractivity (Wildman–Crippen MR) is 114 cm³/mol. The van der Waals surface area contributed by atoms with E-state index in [1.165, 1.54) is 11.3 Å². The number of carbonyl (C=O) groups excluding carboxylic acids is 2. The number of amides is 1. The summed E-state index contributed by atoms with van der Waals surface area (Å²) in [5, 5.41) is 0.896. The van der Waals surface area contributed by atoms with Crippen LogP contribution in [0.4, 0.5) is 5.69 Å². The summed E-state index contributed by atoms with van der Waals surface area (Å²) in [6.07, 6.45) is 1.54. The average molecular weight is 410 g/mol. The highest BCUT2D eigenvalue weighted by molar-refractivity contribution is 7.20. The molecular weight excluding hydrogens is 386 g/mol. The van der Waals surface area contributed by atoms with Gasteiger partial charge in [-0.3, -0.25) is 4.79 Å². The van der Waals surface area contributed by atoms with Gasteiger partial charge in [0.25, 0.3) is 5.91 Å². The van der Waals surface area contributed by atoms with E-state index in [4.69, 9.17) is 4.74 Å². The van der Waals surface area contributed by atoms with Crippen LogP contribution in [-0.4, -0.2) is 34.5 Å². The van der Waals surface area contributed by atoms with Crippen molar-refractivity contribution in [3.63, 3.8) is 0 Å². The maximum Gasteiger partial charge on any atom is 0.349 e. The van der Waals surface area contributed by atoms with Crippen molar-refractivity contribution >= 4 is 39.1 Å². The Morgan fingerprint density at radius 3 is 2.76 bits per heavy atom. The molecule has 29 heavy (non-hydrogen) atoms. The molecule has 0 unspecified atom stereocenters. The molecule has 1 aromatic carbocycles. The van der Waals surface area contributed by atoms with Crippen LogP contribution in [0.25, 0.3) is 10.2 Å². The number of fused-ring (bicyclic) bond motifs is 2. The number of benzene rings is 1. The summed E-state index contributed by atoms with van der Waals surface area (Å²) in [4.78, 5) is 37.5. The molecule has 2 aromatic heterocycles. The van der Waals surface area contributed by atoms with Crippen LogP contribution in [0.2, 0.25) is 0 Å². The third-order valence-electron chi connectivity index (χ3n) is 5.32. The molecule has 4 rings (SSSR count). The van der Waals surface area contributed by atoms with E-state index in [9.17, 15) is 9.59 Å². The lowest BCUT2D eigenvalue weighted by atomic mass is 10.1. The first-order chi connectivity index (χ1) is 13.9. The van der Waals surface area contributed by atoms with Gasteiger partial charge in [-0.2, -0.15) is 0 Å². The van der Waals surface area contributed by atoms with Crippen LogP contribution >= 0.6 is 11.3 Å². The summed E-state index contributed by atoms with van der Waals surface area (Å²) in [5.74, 6) is 0.0586. The van der Waals surface area contributed by atoms with Gasteiger partial charge in [-0.15, -0.1) is 11.3 Å². The molecule has 0 saturated heterocycles. The number of para-hydroxylation sites is 1. The fourth-order valence-corrected chi connectivity index (χ4v) is 5.10. The molecule has 7 heteroatoms. The lowest BCUT2D eigenvalue weighted by Crippen LogP contribution is -2.38. The lowest BCUT2D eigenvalue weighted by molar-refractivity contribution is -0.122. The van der Waals surface area contributed by atoms with Crippen LogP contribution in [0.5, 0.6) is 0 Å². The summed E-state index contributed by atoms with van der Waals surface area (Å²) < 4.78 is 5.40. The van der Waals surface area contributed by atoms with Gasteiger partial charge in [0.05, 0.1) is 0 Å². The number of thiophene rings is 1. The molecule has 3 aromatic rings. The minimum Gasteiger partial charge on any atom is -0.451 e. The maximum atomic E-state index is 12.8. The maximum absolute atomic E-state index is 12.8. The number of anilines is 1. The second-order valence-corrected chi connectivity index (χ2v) is 8.34. The van der Waals surface area contributed by atoms with E-state index in [0.29, 0.717) is 4.88 Å². The van der Waals surface area contributed by atoms with Crippen molar-refractivity contribution in [1.82, 2.24) is 9.97 Å². The molecule has 0 spiro atoms. The SMILES string of the molecule is CCc1nc(C)c2c(C)c(C(=O)OCC(=O)N3c4ccccc4C[C@H]3C)sc2n1. The molecule has 0 aliphatic carbocycles. The Morgan fingerprint density at radius 1 is 1.24 bits per heavy atom. The molecule has 6 nitrogen and oxygen atoms in total. The Kier molecular flexibility index (Phi) is 5.08. The number of hydrogen-bond acceptors (Lipinski definition) is 6. The molecule has 1 aliphatic rings. The molecule has 0 N–H and O–H groups in total. The first kappa shape index (κ1) is 19.5. The third-order valence-corrected chi connectivity index (χ3v) is 6.49. The second kappa shape index (κ2) is 7.55. The molecule has 0 fully saturated rings. The molecule has 0 radical (unpaired) electrons. The van der Waals surface area contributed by atoms with E-state index in [1.807, 2.05) is 52.0 Å². The highest BCUT2D eigenvalue weighted by Crippen LogP contribution is 2.33. The smallest absolute Gasteiger partial charge is 0.349 e. The summed E-state index contributed by atoms with van der Waals surface area (Å²) >= 11 is 1.30. The van der Waals surface area contributed by atoms with Gasteiger partial charge in [0.2, 0.25) is 0 Å². The number of esters is 1. The van der Waals surface area contributed by atoms with Crippen LogP contribution < -0.4 is 4.90 Å². The minimum absolute atomic E-state index is 0.0510. The minimum atomic E-state index is -0.489. The van der Waals surface area contributed by atoms with Gasteiger partial charge in [0.15, 0.2) is 6.61 Å². The first-order valence-corrected chi connectivity index (χ1v) is 10.6. The van der Waals surface area contributed by atoms with Gasteiger partial charge < -0.3 is 9.64 Å². The largest absolute Gasteiger partial charge is 0.451 e. The number of aryl methyl sites for hydroxylation is 3. The standard InChI is InChI=1S/C22H23N3O3S/c1-5-17-23-14(4)19-13(3)20(29-21(19)24-17)22(27)28-11-18(26)25-12(2)10-15-8-6-7-9-16(15)25/h6-9,12H,5,10-11H2,1-4H3/t12-/m1/s1. The van der Waals surface area contributed by atoms with Gasteiger partial charge in [0.1, 0.15) is 15.5 Å². The van der Waals surface area contributed by atoms with Crippen molar-refractivity contribution in [3.8, 4) is 0 Å². The van der Waals surface area contributed by atoms with Gasteiger partial charge >= 0.3 is 5.97 Å². The monoisotopic (exact) mass is 409 g/mol. The molecule has 1 atom stereocenters. The van der Waals surface area contributed by atoms with Crippen LogP contribution in [0.15, 0.2) is 24.3 Å². The van der Waals surface area contributed by atoms with E-state index in [2.05, 4.69) is 9.97 Å². The van der Waals surface area contributed by atoms with Crippen LogP contribution in [0.3, 0.4) is 0 Å². The van der Waals surface area contributed by atoms with Gasteiger partial charge in [-0.1, -0.05) is 25.1 Å². The van der Waals surface area contributed by atoms with E-state index in [1.54, 1.807) is 4.90 Å². The van der Waals surface area contributed by atoms with Gasteiger partial charge in [-0.05, 0) is 44.4 Å². The predicted octanol–water partition coefficient (Wildman–Crippen LogP) is 4.01. The second-order valence-electron chi connectivity index (χ2n) is 7.34.